The molecule has 1 aliphatic heterocycles. The average molecular weight is 259 g/mol. The number of rotatable bonds is 2. The van der Waals surface area contributed by atoms with E-state index in [0.717, 1.165) is 26.1 Å². The Morgan fingerprint density at radius 3 is 2.47 bits per heavy atom. The van der Waals surface area contributed by atoms with Gasteiger partial charge in [0.05, 0.1) is 18.8 Å². The summed E-state index contributed by atoms with van der Waals surface area (Å²) in [6.07, 6.45) is 10.9. The standard InChI is InChI=1S/C14H23ClO2/c15-12-9-13(17-11-5-8-16-10-11)14(12)6-3-1-2-4-7-14/h11-13H,1-10H2. The maximum atomic E-state index is 6.53. The third-order valence-corrected chi connectivity index (χ3v) is 5.58. The molecule has 1 saturated heterocycles. The van der Waals surface area contributed by atoms with Crippen LogP contribution in [0.2, 0.25) is 0 Å². The van der Waals surface area contributed by atoms with Gasteiger partial charge in [-0.1, -0.05) is 25.7 Å². The third kappa shape index (κ3) is 2.24. The summed E-state index contributed by atoms with van der Waals surface area (Å²) < 4.78 is 11.7. The highest BCUT2D eigenvalue weighted by atomic mass is 35.5. The summed E-state index contributed by atoms with van der Waals surface area (Å²) in [5, 5.41) is 0.355. The number of ether oxygens (including phenoxy) is 2. The van der Waals surface area contributed by atoms with Gasteiger partial charge in [-0.15, -0.1) is 11.6 Å². The molecule has 1 heterocycles. The first kappa shape index (κ1) is 12.3. The molecule has 2 nitrogen and oxygen atoms in total. The third-order valence-electron chi connectivity index (χ3n) is 4.97. The van der Waals surface area contributed by atoms with Crippen LogP contribution >= 0.6 is 11.6 Å². The predicted octanol–water partition coefficient (Wildman–Crippen LogP) is 3.51. The molecule has 1 spiro atoms. The fourth-order valence-corrected chi connectivity index (χ4v) is 4.28. The first-order chi connectivity index (χ1) is 8.31. The Morgan fingerprint density at radius 2 is 1.88 bits per heavy atom. The summed E-state index contributed by atoms with van der Waals surface area (Å²) in [4.78, 5) is 0. The Hall–Kier alpha value is 0.210. The predicted molar refractivity (Wildman–Crippen MR) is 68.5 cm³/mol. The fraction of sp³-hybridized carbons (Fsp3) is 1.00. The Balaban J connectivity index is 1.63. The van der Waals surface area contributed by atoms with Crippen molar-refractivity contribution in [1.82, 2.24) is 0 Å². The molecule has 0 aromatic heterocycles. The van der Waals surface area contributed by atoms with Gasteiger partial charge in [0.15, 0.2) is 0 Å². The van der Waals surface area contributed by atoms with E-state index in [1.807, 2.05) is 0 Å². The largest absolute Gasteiger partial charge is 0.379 e. The zero-order valence-corrected chi connectivity index (χ0v) is 11.3. The molecule has 98 valence electrons. The lowest BCUT2D eigenvalue weighted by Crippen LogP contribution is -2.56. The maximum Gasteiger partial charge on any atom is 0.0834 e. The molecule has 3 fully saturated rings. The molecule has 3 aliphatic rings. The van der Waals surface area contributed by atoms with Crippen LogP contribution in [0, 0.1) is 5.41 Å². The van der Waals surface area contributed by atoms with Gasteiger partial charge in [-0.3, -0.25) is 0 Å². The molecule has 3 unspecified atom stereocenters. The zero-order chi connectivity index (χ0) is 11.7. The van der Waals surface area contributed by atoms with Crippen LogP contribution in [0.25, 0.3) is 0 Å². The summed E-state index contributed by atoms with van der Waals surface area (Å²) in [7, 11) is 0. The molecule has 3 rings (SSSR count). The highest BCUT2D eigenvalue weighted by molar-refractivity contribution is 6.21. The Kier molecular flexibility index (Phi) is 3.65. The van der Waals surface area contributed by atoms with Crippen LogP contribution in [0.4, 0.5) is 0 Å². The smallest absolute Gasteiger partial charge is 0.0834 e. The van der Waals surface area contributed by atoms with E-state index in [4.69, 9.17) is 21.1 Å². The van der Waals surface area contributed by atoms with E-state index in [1.54, 1.807) is 0 Å². The van der Waals surface area contributed by atoms with Crippen molar-refractivity contribution < 1.29 is 9.47 Å². The second-order valence-electron chi connectivity index (χ2n) is 5.96. The number of halogens is 1. The number of hydrogen-bond acceptors (Lipinski definition) is 2. The molecular weight excluding hydrogens is 236 g/mol. The molecular formula is C14H23ClO2. The molecule has 3 atom stereocenters. The van der Waals surface area contributed by atoms with E-state index in [2.05, 4.69) is 0 Å². The van der Waals surface area contributed by atoms with E-state index in [9.17, 15) is 0 Å². The normalized spacial score (nSPS) is 41.1. The van der Waals surface area contributed by atoms with E-state index in [0.29, 0.717) is 23.0 Å². The second-order valence-corrected chi connectivity index (χ2v) is 6.49. The van der Waals surface area contributed by atoms with Crippen LogP contribution in [0.5, 0.6) is 0 Å². The van der Waals surface area contributed by atoms with Crippen molar-refractivity contribution in [1.29, 1.82) is 0 Å². The molecule has 2 saturated carbocycles. The summed E-state index contributed by atoms with van der Waals surface area (Å²) in [5.41, 5.74) is 0.306. The van der Waals surface area contributed by atoms with Crippen molar-refractivity contribution in [2.24, 2.45) is 5.41 Å². The van der Waals surface area contributed by atoms with Gasteiger partial charge in [-0.25, -0.2) is 0 Å². The lowest BCUT2D eigenvalue weighted by Gasteiger charge is -2.54. The first-order valence-electron chi connectivity index (χ1n) is 7.18. The minimum absolute atomic E-state index is 0.306. The van der Waals surface area contributed by atoms with E-state index in [-0.39, 0.29) is 0 Å². The summed E-state index contributed by atoms with van der Waals surface area (Å²) in [5.74, 6) is 0. The van der Waals surface area contributed by atoms with Gasteiger partial charge >= 0.3 is 0 Å². The second kappa shape index (κ2) is 5.07. The zero-order valence-electron chi connectivity index (χ0n) is 10.5. The maximum absolute atomic E-state index is 6.53. The molecule has 0 aromatic rings. The van der Waals surface area contributed by atoms with E-state index >= 15 is 0 Å². The summed E-state index contributed by atoms with van der Waals surface area (Å²) in [6, 6.07) is 0. The van der Waals surface area contributed by atoms with Gasteiger partial charge < -0.3 is 9.47 Å². The molecule has 17 heavy (non-hydrogen) atoms. The SMILES string of the molecule is ClC1CC(OC2CCOC2)C12CCCCCC2. The topological polar surface area (TPSA) is 18.5 Å². The van der Waals surface area contributed by atoms with Crippen LogP contribution in [-0.2, 0) is 9.47 Å². The molecule has 0 amide bonds. The fourth-order valence-electron chi connectivity index (χ4n) is 3.76. The quantitative estimate of drug-likeness (QED) is 0.706. The lowest BCUT2D eigenvalue weighted by molar-refractivity contribution is -0.144. The molecule has 0 radical (unpaired) electrons. The summed E-state index contributed by atoms with van der Waals surface area (Å²) in [6.45, 7) is 1.66. The number of alkyl halides is 1. The van der Waals surface area contributed by atoms with Crippen molar-refractivity contribution in [3.63, 3.8) is 0 Å². The molecule has 3 heteroatoms. The molecule has 0 bridgehead atoms. The van der Waals surface area contributed by atoms with Crippen LogP contribution in [0.15, 0.2) is 0 Å². The minimum Gasteiger partial charge on any atom is -0.379 e. The number of hydrogen-bond donors (Lipinski definition) is 0. The highest BCUT2D eigenvalue weighted by Gasteiger charge is 2.55. The molecule has 0 N–H and O–H groups in total. The Bertz CT molecular complexity index is 255. The molecule has 0 aromatic carbocycles. The average Bonchev–Trinajstić information content (AvgIpc) is 2.70. The Morgan fingerprint density at radius 1 is 1.12 bits per heavy atom. The highest BCUT2D eigenvalue weighted by Crippen LogP contribution is 2.55. The van der Waals surface area contributed by atoms with Gasteiger partial charge in [-0.2, -0.15) is 0 Å². The molecule has 2 aliphatic carbocycles. The minimum atomic E-state index is 0.306. The van der Waals surface area contributed by atoms with Crippen molar-refractivity contribution in [2.45, 2.75) is 69.0 Å². The van der Waals surface area contributed by atoms with Gasteiger partial charge in [0.1, 0.15) is 0 Å². The van der Waals surface area contributed by atoms with Crippen molar-refractivity contribution in [3.05, 3.63) is 0 Å². The summed E-state index contributed by atoms with van der Waals surface area (Å²) >= 11 is 6.53. The van der Waals surface area contributed by atoms with Gasteiger partial charge in [-0.05, 0) is 25.7 Å². The van der Waals surface area contributed by atoms with E-state index in [1.165, 1.54) is 38.5 Å². The van der Waals surface area contributed by atoms with Crippen molar-refractivity contribution >= 4 is 11.6 Å². The van der Waals surface area contributed by atoms with Gasteiger partial charge in [0.25, 0.3) is 0 Å². The van der Waals surface area contributed by atoms with Crippen molar-refractivity contribution in [3.8, 4) is 0 Å². The van der Waals surface area contributed by atoms with Gasteiger partial charge in [0, 0.05) is 17.4 Å². The van der Waals surface area contributed by atoms with Gasteiger partial charge in [0.2, 0.25) is 0 Å². The van der Waals surface area contributed by atoms with Crippen LogP contribution in [0.3, 0.4) is 0 Å². The monoisotopic (exact) mass is 258 g/mol. The lowest BCUT2D eigenvalue weighted by atomic mass is 9.61. The first-order valence-corrected chi connectivity index (χ1v) is 7.62. The van der Waals surface area contributed by atoms with Crippen molar-refractivity contribution in [2.75, 3.05) is 13.2 Å². The Labute approximate surface area is 109 Å². The van der Waals surface area contributed by atoms with Crippen LogP contribution in [0.1, 0.15) is 51.4 Å². The van der Waals surface area contributed by atoms with E-state index < -0.39 is 0 Å². The van der Waals surface area contributed by atoms with Crippen LogP contribution < -0.4 is 0 Å². The van der Waals surface area contributed by atoms with Crippen LogP contribution in [-0.4, -0.2) is 30.8 Å².